The van der Waals surface area contributed by atoms with E-state index in [1.165, 1.54) is 19.2 Å². The molecule has 1 aromatic carbocycles. The van der Waals surface area contributed by atoms with Crippen LogP contribution in [0.3, 0.4) is 0 Å². The number of hydrogen-bond donors (Lipinski definition) is 2. The topological polar surface area (TPSA) is 108 Å². The number of benzene rings is 1. The molecule has 1 saturated carbocycles. The van der Waals surface area contributed by atoms with Gasteiger partial charge in [0, 0.05) is 39.3 Å². The van der Waals surface area contributed by atoms with Crippen molar-refractivity contribution in [1.29, 1.82) is 0 Å². The Hall–Kier alpha value is -3.69. The van der Waals surface area contributed by atoms with Gasteiger partial charge < -0.3 is 20.1 Å². The summed E-state index contributed by atoms with van der Waals surface area (Å²) in [5.74, 6) is 1.52. The van der Waals surface area contributed by atoms with Crippen molar-refractivity contribution in [2.45, 2.75) is 38.3 Å². The second-order valence-corrected chi connectivity index (χ2v) is 9.39. The fraction of sp³-hybridized carbons (Fsp3) is 0.458. The summed E-state index contributed by atoms with van der Waals surface area (Å²) in [5.41, 5.74) is 3.43. The Labute approximate surface area is 197 Å². The maximum Gasteiger partial charge on any atom is 0.322 e. The van der Waals surface area contributed by atoms with E-state index in [1.807, 2.05) is 30.1 Å². The molecule has 3 aromatic rings. The number of carbonyl (C=O) groups is 2. The number of hydrogen-bond acceptors (Lipinski definition) is 6. The molecule has 4 heterocycles. The molecule has 0 spiro atoms. The largest absolute Gasteiger partial charge is 0.355 e. The quantitative estimate of drug-likeness (QED) is 0.604. The number of aryl methyl sites for hydroxylation is 1. The lowest BCUT2D eigenvalue weighted by atomic mass is 10.00. The molecular formula is C24H28N8O2. The summed E-state index contributed by atoms with van der Waals surface area (Å²) in [6, 6.07) is 8.16. The molecule has 2 N–H and O–H groups in total. The number of aromatic nitrogens is 4. The zero-order chi connectivity index (χ0) is 23.2. The van der Waals surface area contributed by atoms with Crippen molar-refractivity contribution in [1.82, 2.24) is 30.2 Å². The molecular weight excluding hydrogens is 432 g/mol. The molecule has 2 aliphatic heterocycles. The number of urea groups is 1. The van der Waals surface area contributed by atoms with Crippen molar-refractivity contribution < 1.29 is 9.59 Å². The van der Waals surface area contributed by atoms with Crippen molar-refractivity contribution in [2.75, 3.05) is 29.4 Å². The van der Waals surface area contributed by atoms with Gasteiger partial charge in [0.05, 0.1) is 5.69 Å². The Kier molecular flexibility index (Phi) is 5.08. The van der Waals surface area contributed by atoms with Crippen LogP contribution in [0.1, 0.15) is 41.9 Å². The van der Waals surface area contributed by atoms with Crippen molar-refractivity contribution in [3.8, 4) is 0 Å². The zero-order valence-electron chi connectivity index (χ0n) is 19.2. The molecule has 2 aromatic heterocycles. The molecule has 0 bridgehead atoms. The van der Waals surface area contributed by atoms with Gasteiger partial charge in [-0.05, 0) is 43.2 Å². The van der Waals surface area contributed by atoms with E-state index >= 15 is 0 Å². The predicted molar refractivity (Wildman–Crippen MR) is 128 cm³/mol. The molecule has 176 valence electrons. The van der Waals surface area contributed by atoms with Crippen LogP contribution in [0.2, 0.25) is 0 Å². The van der Waals surface area contributed by atoms with Crippen molar-refractivity contribution in [3.63, 3.8) is 0 Å². The fourth-order valence-corrected chi connectivity index (χ4v) is 5.02. The second-order valence-electron chi connectivity index (χ2n) is 9.39. The SMILES string of the molecule is Cn1c(C(=O)NCC2CC2)nc2c(N3CCC(N4C(=O)NCc5ccccc54)CC3)ncnc21. The summed E-state index contributed by atoms with van der Waals surface area (Å²) in [6.07, 6.45) is 5.52. The number of piperidine rings is 1. The standard InChI is InChI=1S/C24H28N8O2/c1-30-20-19(29-22(30)23(33)25-12-15-6-7-15)21(28-14-27-20)31-10-8-17(9-11-31)32-18-5-3-2-4-16(18)13-26-24(32)34/h2-5,14-15,17H,6-13H2,1H3,(H,25,33)(H,26,34). The highest BCUT2D eigenvalue weighted by Crippen LogP contribution is 2.32. The van der Waals surface area contributed by atoms with E-state index in [9.17, 15) is 9.59 Å². The van der Waals surface area contributed by atoms with Gasteiger partial charge in [-0.15, -0.1) is 0 Å². The highest BCUT2D eigenvalue weighted by atomic mass is 16.2. The average Bonchev–Trinajstić information content (AvgIpc) is 3.64. The Morgan fingerprint density at radius 1 is 1.15 bits per heavy atom. The van der Waals surface area contributed by atoms with Crippen molar-refractivity contribution in [2.24, 2.45) is 13.0 Å². The van der Waals surface area contributed by atoms with Gasteiger partial charge in [-0.25, -0.2) is 19.7 Å². The molecule has 2 fully saturated rings. The fourth-order valence-electron chi connectivity index (χ4n) is 5.02. The molecule has 3 amide bonds. The summed E-state index contributed by atoms with van der Waals surface area (Å²) in [5, 5.41) is 5.98. The molecule has 34 heavy (non-hydrogen) atoms. The zero-order valence-corrected chi connectivity index (χ0v) is 19.2. The van der Waals surface area contributed by atoms with Crippen molar-refractivity contribution in [3.05, 3.63) is 42.0 Å². The number of fused-ring (bicyclic) bond motifs is 2. The summed E-state index contributed by atoms with van der Waals surface area (Å²) in [6.45, 7) is 2.74. The van der Waals surface area contributed by atoms with E-state index in [0.717, 1.165) is 43.0 Å². The van der Waals surface area contributed by atoms with Crippen molar-refractivity contribution >= 4 is 34.6 Å². The van der Waals surface area contributed by atoms with Crippen LogP contribution in [0.15, 0.2) is 30.6 Å². The van der Waals surface area contributed by atoms with Crippen LogP contribution in [0.25, 0.3) is 11.2 Å². The van der Waals surface area contributed by atoms with Gasteiger partial charge in [0.15, 0.2) is 17.0 Å². The first-order valence-electron chi connectivity index (χ1n) is 12.0. The number of carbonyl (C=O) groups excluding carboxylic acids is 2. The summed E-state index contributed by atoms with van der Waals surface area (Å²) < 4.78 is 1.74. The van der Waals surface area contributed by atoms with Crippen LogP contribution in [0.5, 0.6) is 0 Å². The van der Waals surface area contributed by atoms with Gasteiger partial charge in [-0.3, -0.25) is 9.69 Å². The summed E-state index contributed by atoms with van der Waals surface area (Å²) >= 11 is 0. The van der Waals surface area contributed by atoms with Gasteiger partial charge in [-0.1, -0.05) is 18.2 Å². The number of para-hydroxylation sites is 1. The molecule has 1 aliphatic carbocycles. The Morgan fingerprint density at radius 2 is 1.94 bits per heavy atom. The Balaban J connectivity index is 1.21. The van der Waals surface area contributed by atoms with Gasteiger partial charge in [0.25, 0.3) is 5.91 Å². The highest BCUT2D eigenvalue weighted by molar-refractivity contribution is 5.97. The summed E-state index contributed by atoms with van der Waals surface area (Å²) in [4.78, 5) is 43.1. The van der Waals surface area contributed by atoms with Crippen LogP contribution < -0.4 is 20.4 Å². The summed E-state index contributed by atoms with van der Waals surface area (Å²) in [7, 11) is 1.82. The lowest BCUT2D eigenvalue weighted by molar-refractivity contribution is 0.0938. The molecule has 3 aliphatic rings. The molecule has 1 saturated heterocycles. The third-order valence-corrected chi connectivity index (χ3v) is 7.12. The van der Waals surface area contributed by atoms with E-state index in [2.05, 4.69) is 36.6 Å². The van der Waals surface area contributed by atoms with E-state index in [4.69, 9.17) is 0 Å². The lowest BCUT2D eigenvalue weighted by Gasteiger charge is -2.41. The highest BCUT2D eigenvalue weighted by Gasteiger charge is 2.34. The van der Waals surface area contributed by atoms with Gasteiger partial charge >= 0.3 is 6.03 Å². The Bertz CT molecular complexity index is 1260. The average molecular weight is 461 g/mol. The van der Waals surface area contributed by atoms with E-state index < -0.39 is 0 Å². The Morgan fingerprint density at radius 3 is 2.74 bits per heavy atom. The molecule has 0 atom stereocenters. The predicted octanol–water partition coefficient (Wildman–Crippen LogP) is 2.20. The molecule has 10 heteroatoms. The van der Waals surface area contributed by atoms with Gasteiger partial charge in [0.1, 0.15) is 6.33 Å². The first-order chi connectivity index (χ1) is 16.6. The van der Waals surface area contributed by atoms with E-state index in [-0.39, 0.29) is 18.0 Å². The van der Waals surface area contributed by atoms with Crippen LogP contribution in [-0.2, 0) is 13.6 Å². The first kappa shape index (κ1) is 20.9. The second kappa shape index (κ2) is 8.27. The minimum Gasteiger partial charge on any atom is -0.355 e. The first-order valence-corrected chi connectivity index (χ1v) is 12.0. The number of amides is 3. The number of anilines is 2. The molecule has 6 rings (SSSR count). The minimum absolute atomic E-state index is 0.0341. The number of nitrogens with one attached hydrogen (secondary N) is 2. The molecule has 0 radical (unpaired) electrons. The molecule has 0 unspecified atom stereocenters. The van der Waals surface area contributed by atoms with E-state index in [0.29, 0.717) is 36.0 Å². The molecule has 10 nitrogen and oxygen atoms in total. The van der Waals surface area contributed by atoms with Crippen LogP contribution in [0.4, 0.5) is 16.3 Å². The third-order valence-electron chi connectivity index (χ3n) is 7.12. The normalized spacial score (nSPS) is 18.7. The monoisotopic (exact) mass is 460 g/mol. The number of imidazole rings is 1. The smallest absolute Gasteiger partial charge is 0.322 e. The lowest BCUT2D eigenvalue weighted by Crippen LogP contribution is -2.53. The van der Waals surface area contributed by atoms with Gasteiger partial charge in [-0.2, -0.15) is 0 Å². The minimum atomic E-state index is -0.174. The van der Waals surface area contributed by atoms with Gasteiger partial charge in [0.2, 0.25) is 5.82 Å². The van der Waals surface area contributed by atoms with Crippen LogP contribution in [-0.4, -0.2) is 57.1 Å². The number of nitrogens with zero attached hydrogens (tertiary/aromatic N) is 6. The van der Waals surface area contributed by atoms with Crippen LogP contribution >= 0.6 is 0 Å². The number of rotatable bonds is 5. The third kappa shape index (κ3) is 3.63. The van der Waals surface area contributed by atoms with E-state index in [1.54, 1.807) is 4.57 Å². The van der Waals surface area contributed by atoms with Crippen LogP contribution in [0, 0.1) is 5.92 Å². The maximum absolute atomic E-state index is 12.7. The maximum atomic E-state index is 12.7.